The van der Waals surface area contributed by atoms with Gasteiger partial charge in [-0.05, 0) is 23.1 Å². The van der Waals surface area contributed by atoms with E-state index in [1.54, 1.807) is 72.8 Å². The van der Waals surface area contributed by atoms with Gasteiger partial charge in [-0.25, -0.2) is 4.79 Å². The summed E-state index contributed by atoms with van der Waals surface area (Å²) in [6.07, 6.45) is -2.01. The first kappa shape index (κ1) is 36.6. The number of nitro groups is 1. The number of hydrogen-bond donors (Lipinski definition) is 4. The van der Waals surface area contributed by atoms with E-state index in [9.17, 15) is 34.4 Å². The summed E-state index contributed by atoms with van der Waals surface area (Å²) >= 11 is 1.27. The molecule has 250 valence electrons. The summed E-state index contributed by atoms with van der Waals surface area (Å²) in [7, 11) is 0. The van der Waals surface area contributed by atoms with Crippen LogP contribution in [0.2, 0.25) is 0 Å². The van der Waals surface area contributed by atoms with E-state index in [-0.39, 0.29) is 17.9 Å². The highest BCUT2D eigenvalue weighted by atomic mass is 32.2. The Labute approximate surface area is 274 Å². The predicted octanol–water partition coefficient (Wildman–Crippen LogP) is 2.09. The number of carbonyl (C=O) groups excluding carboxylic acids is 3. The Morgan fingerprint density at radius 1 is 0.809 bits per heavy atom. The zero-order valence-electron chi connectivity index (χ0n) is 25.4. The Morgan fingerprint density at radius 2 is 1.36 bits per heavy atom. The average molecular weight is 669 g/mol. The van der Waals surface area contributed by atoms with Crippen LogP contribution in [-0.4, -0.2) is 69.7 Å². The number of non-ortho nitro benzene ring substituents is 1. The standard InChI is InChI=1S/C32H36N4O10S/c1-20(44-28(37)26(34)19-47-18-23-12-14-24(15-13-23)36(42)43)45-30(39)27(35)32(31(40)41,17-22-10-6-3-7-11-22)46-29(38)25(33)16-21-8-4-2-5-9-21/h2-15,20,25-27H,16-19,33-35H2,1H3,(H,40,41). The van der Waals surface area contributed by atoms with Gasteiger partial charge in [-0.15, -0.1) is 0 Å². The van der Waals surface area contributed by atoms with Crippen molar-refractivity contribution in [2.75, 3.05) is 5.75 Å². The Morgan fingerprint density at radius 3 is 1.91 bits per heavy atom. The smallest absolute Gasteiger partial charge is 0.350 e. The second kappa shape index (κ2) is 17.2. The minimum atomic E-state index is -2.64. The number of ether oxygens (including phenoxy) is 3. The zero-order valence-corrected chi connectivity index (χ0v) is 26.2. The van der Waals surface area contributed by atoms with Crippen LogP contribution in [0.5, 0.6) is 0 Å². The number of hydrogen-bond acceptors (Lipinski definition) is 13. The van der Waals surface area contributed by atoms with Gasteiger partial charge in [0.05, 0.1) is 4.92 Å². The molecule has 0 aliphatic carbocycles. The van der Waals surface area contributed by atoms with E-state index < -0.39 is 65.2 Å². The maximum atomic E-state index is 13.2. The molecule has 0 spiro atoms. The lowest BCUT2D eigenvalue weighted by molar-refractivity contribution is -0.384. The lowest BCUT2D eigenvalue weighted by Gasteiger charge is -2.34. The van der Waals surface area contributed by atoms with Gasteiger partial charge < -0.3 is 36.5 Å². The van der Waals surface area contributed by atoms with Gasteiger partial charge in [0, 0.05) is 37.0 Å². The molecule has 0 bridgehead atoms. The molecule has 47 heavy (non-hydrogen) atoms. The average Bonchev–Trinajstić information content (AvgIpc) is 3.04. The second-order valence-corrected chi connectivity index (χ2v) is 11.6. The molecule has 0 heterocycles. The zero-order chi connectivity index (χ0) is 34.6. The molecule has 0 fully saturated rings. The van der Waals surface area contributed by atoms with Gasteiger partial charge in [0.25, 0.3) is 5.69 Å². The number of nitrogens with zero attached hydrogens (tertiary/aromatic N) is 1. The second-order valence-electron chi connectivity index (χ2n) is 10.5. The number of nitro benzene ring substituents is 1. The number of carboxylic acids is 1. The number of rotatable bonds is 17. The molecule has 0 saturated carbocycles. The van der Waals surface area contributed by atoms with E-state index in [1.807, 2.05) is 0 Å². The fraction of sp³-hybridized carbons (Fsp3) is 0.312. The topological polar surface area (TPSA) is 237 Å². The largest absolute Gasteiger partial charge is 0.478 e. The molecule has 0 aliphatic rings. The summed E-state index contributed by atoms with van der Waals surface area (Å²) in [5.41, 5.74) is 17.3. The van der Waals surface area contributed by atoms with Crippen molar-refractivity contribution < 1.29 is 43.4 Å². The number of aliphatic carboxylic acids is 1. The summed E-state index contributed by atoms with van der Waals surface area (Å²) < 4.78 is 15.8. The third-order valence-corrected chi connectivity index (χ3v) is 8.02. The van der Waals surface area contributed by atoms with Gasteiger partial charge in [0.2, 0.25) is 11.9 Å². The number of nitrogens with two attached hydrogens (primary N) is 3. The van der Waals surface area contributed by atoms with Gasteiger partial charge in [0.1, 0.15) is 12.1 Å². The highest BCUT2D eigenvalue weighted by Crippen LogP contribution is 2.25. The van der Waals surface area contributed by atoms with Crippen LogP contribution in [0.25, 0.3) is 0 Å². The Hall–Kier alpha value is -4.83. The predicted molar refractivity (Wildman–Crippen MR) is 172 cm³/mol. The summed E-state index contributed by atoms with van der Waals surface area (Å²) in [6, 6.07) is 18.2. The minimum Gasteiger partial charge on any atom is -0.478 e. The number of thioether (sulfide) groups is 1. The Bertz CT molecular complexity index is 1530. The molecular weight excluding hydrogens is 632 g/mol. The fourth-order valence-corrected chi connectivity index (χ4v) is 5.29. The van der Waals surface area contributed by atoms with Crippen molar-refractivity contribution in [1.29, 1.82) is 0 Å². The lowest BCUT2D eigenvalue weighted by Crippen LogP contribution is -2.63. The number of benzene rings is 3. The molecule has 5 atom stereocenters. The van der Waals surface area contributed by atoms with Gasteiger partial charge in [-0.2, -0.15) is 11.8 Å². The van der Waals surface area contributed by atoms with Crippen LogP contribution >= 0.6 is 11.8 Å². The van der Waals surface area contributed by atoms with E-state index in [0.29, 0.717) is 16.9 Å². The highest BCUT2D eigenvalue weighted by molar-refractivity contribution is 7.98. The molecule has 3 rings (SSSR count). The molecule has 15 heteroatoms. The molecule has 0 aromatic heterocycles. The molecule has 0 aliphatic heterocycles. The van der Waals surface area contributed by atoms with Crippen LogP contribution < -0.4 is 17.2 Å². The third-order valence-electron chi connectivity index (χ3n) is 6.89. The quantitative estimate of drug-likeness (QED) is 0.0698. The third kappa shape index (κ3) is 10.6. The SMILES string of the molecule is CC(OC(=O)C(N)CSCc1ccc([N+](=O)[O-])cc1)OC(=O)C(N)C(Cc1ccccc1)(OC(=O)C(N)Cc1ccccc1)C(=O)O. The maximum absolute atomic E-state index is 13.2. The monoisotopic (exact) mass is 668 g/mol. The van der Waals surface area contributed by atoms with Crippen LogP contribution in [0.4, 0.5) is 5.69 Å². The first-order valence-corrected chi connectivity index (χ1v) is 15.5. The Balaban J connectivity index is 1.65. The van der Waals surface area contributed by atoms with Crippen molar-refractivity contribution in [2.24, 2.45) is 17.2 Å². The molecule has 0 amide bonds. The Kier molecular flexibility index (Phi) is 13.4. The molecule has 7 N–H and O–H groups in total. The van der Waals surface area contributed by atoms with Crippen molar-refractivity contribution in [3.63, 3.8) is 0 Å². The molecule has 3 aromatic carbocycles. The van der Waals surface area contributed by atoms with Crippen LogP contribution in [-0.2, 0) is 52.0 Å². The van der Waals surface area contributed by atoms with Gasteiger partial charge in [-0.3, -0.25) is 24.5 Å². The minimum absolute atomic E-state index is 0.0276. The molecule has 0 radical (unpaired) electrons. The van der Waals surface area contributed by atoms with Gasteiger partial charge >= 0.3 is 23.9 Å². The number of carboxylic acid groups (broad SMARTS) is 1. The van der Waals surface area contributed by atoms with E-state index in [0.717, 1.165) is 5.56 Å². The van der Waals surface area contributed by atoms with Crippen LogP contribution in [0.1, 0.15) is 23.6 Å². The summed E-state index contributed by atoms with van der Waals surface area (Å²) in [5, 5.41) is 21.1. The van der Waals surface area contributed by atoms with Crippen molar-refractivity contribution in [1.82, 2.24) is 0 Å². The van der Waals surface area contributed by atoms with Crippen molar-refractivity contribution in [3.8, 4) is 0 Å². The van der Waals surface area contributed by atoms with E-state index in [1.165, 1.54) is 30.8 Å². The summed E-state index contributed by atoms with van der Waals surface area (Å²) in [4.78, 5) is 61.9. The van der Waals surface area contributed by atoms with Gasteiger partial charge in [0.15, 0.2) is 6.04 Å². The molecule has 0 saturated heterocycles. The van der Waals surface area contributed by atoms with E-state index in [4.69, 9.17) is 31.4 Å². The van der Waals surface area contributed by atoms with Crippen LogP contribution in [0.15, 0.2) is 84.9 Å². The van der Waals surface area contributed by atoms with Crippen molar-refractivity contribution >= 4 is 41.3 Å². The van der Waals surface area contributed by atoms with Crippen LogP contribution in [0.3, 0.4) is 0 Å². The summed E-state index contributed by atoms with van der Waals surface area (Å²) in [5.74, 6) is -4.55. The van der Waals surface area contributed by atoms with Crippen LogP contribution in [0, 0.1) is 10.1 Å². The van der Waals surface area contributed by atoms with Crippen molar-refractivity contribution in [3.05, 3.63) is 112 Å². The molecule has 3 aromatic rings. The lowest BCUT2D eigenvalue weighted by atomic mass is 9.87. The first-order chi connectivity index (χ1) is 22.3. The fourth-order valence-electron chi connectivity index (χ4n) is 4.36. The molecule has 5 unspecified atom stereocenters. The van der Waals surface area contributed by atoms with Gasteiger partial charge in [-0.1, -0.05) is 72.8 Å². The summed E-state index contributed by atoms with van der Waals surface area (Å²) in [6.45, 7) is 1.21. The normalized spacial score (nSPS) is 14.8. The number of carbonyl (C=O) groups is 4. The van der Waals surface area contributed by atoms with E-state index >= 15 is 0 Å². The maximum Gasteiger partial charge on any atom is 0.350 e. The van der Waals surface area contributed by atoms with E-state index in [2.05, 4.69) is 0 Å². The first-order valence-electron chi connectivity index (χ1n) is 14.3. The molecular formula is C32H36N4O10S. The van der Waals surface area contributed by atoms with Crippen molar-refractivity contribution in [2.45, 2.75) is 55.5 Å². The molecule has 14 nitrogen and oxygen atoms in total. The number of esters is 3. The highest BCUT2D eigenvalue weighted by Gasteiger charge is 2.53.